The van der Waals surface area contributed by atoms with Crippen LogP contribution >= 0.6 is 15.2 Å². The molecule has 580 valence electrons. The highest BCUT2D eigenvalue weighted by atomic mass is 31.2. The molecule has 0 aliphatic carbocycles. The third kappa shape index (κ3) is 25.1. The standard InChI is InChI=1S/C80H98N4O22P2/c1-55(86)82-70-68(104-65(43-85)73(95-44-58-27-13-6-14-28-58)76(70)98-47-61-33-19-9-20-34-61)53-107(90,92-4)102-51-66-74(96-45-59-29-15-7-16-30-59)77(99-48-62-35-21-10-22-36-62)71(83-56(2)87)69(105-66)54-108(91,93-5)103-52-67-75(97-46-60-31-17-8-18-32-60)78(100-49-63-37-23-11-24-38-63)72(84-57(3)88)79(106-67)94-42-41-81-80(89)101-50-64-39-25-12-26-40-64/h6-40,65-79,85H,41-54H2,1-5H3,(H,81,89)(H,82,86)(H,83,87)(H,84,88)/t65-,66-,67-,68-,69-,70-,71-,72+,73-,74-,75-,76-,77-,78-,79+,107?,108?/m1/s1. The predicted octanol–water partition coefficient (Wildman–Crippen LogP) is 9.92. The highest BCUT2D eigenvalue weighted by Crippen LogP contribution is 2.53. The number of ether oxygens (including phenoxy) is 11. The van der Waals surface area contributed by atoms with E-state index in [1.165, 1.54) is 35.0 Å². The first-order chi connectivity index (χ1) is 52.5. The molecule has 17 atom stereocenters. The number of alkyl carbamates (subject to hydrolysis) is 1. The Hall–Kier alpha value is -7.92. The molecule has 10 rings (SSSR count). The van der Waals surface area contributed by atoms with E-state index in [0.717, 1.165) is 38.9 Å². The van der Waals surface area contributed by atoms with Crippen molar-refractivity contribution in [2.45, 2.75) is 159 Å². The maximum absolute atomic E-state index is 16.0. The lowest BCUT2D eigenvalue weighted by atomic mass is 9.92. The summed E-state index contributed by atoms with van der Waals surface area (Å²) >= 11 is 0. The van der Waals surface area contributed by atoms with Crippen molar-refractivity contribution in [2.75, 3.05) is 59.5 Å². The van der Waals surface area contributed by atoms with Gasteiger partial charge in [-0.2, -0.15) is 0 Å². The minimum Gasteiger partial charge on any atom is -0.445 e. The van der Waals surface area contributed by atoms with Crippen molar-refractivity contribution in [1.29, 1.82) is 0 Å². The Bertz CT molecular complexity index is 3930. The molecule has 4 amide bonds. The molecule has 0 spiro atoms. The molecule has 3 fully saturated rings. The summed E-state index contributed by atoms with van der Waals surface area (Å²) in [6.07, 6.45) is -15.8. The van der Waals surface area contributed by atoms with Crippen molar-refractivity contribution in [1.82, 2.24) is 21.3 Å². The predicted molar refractivity (Wildman–Crippen MR) is 397 cm³/mol. The quantitative estimate of drug-likeness (QED) is 0.0176. The number of carbonyl (C=O) groups excluding carboxylic acids is 4. The fourth-order valence-corrected chi connectivity index (χ4v) is 16.1. The molecule has 28 heteroatoms. The summed E-state index contributed by atoms with van der Waals surface area (Å²) < 4.78 is 130. The lowest BCUT2D eigenvalue weighted by molar-refractivity contribution is -0.286. The Labute approximate surface area is 630 Å². The molecular formula is C80H98N4O22P2. The number of hydrogen-bond donors (Lipinski definition) is 5. The van der Waals surface area contributed by atoms with Gasteiger partial charge in [0.1, 0.15) is 67.6 Å². The summed E-state index contributed by atoms with van der Waals surface area (Å²) in [5.74, 6) is -1.45. The maximum Gasteiger partial charge on any atom is 0.407 e. The van der Waals surface area contributed by atoms with Crippen molar-refractivity contribution < 1.29 is 104 Å². The zero-order valence-electron chi connectivity index (χ0n) is 61.2. The van der Waals surface area contributed by atoms with Crippen molar-refractivity contribution >= 4 is 39.0 Å². The van der Waals surface area contributed by atoms with Crippen molar-refractivity contribution in [3.63, 3.8) is 0 Å². The Morgan fingerprint density at radius 3 is 0.981 bits per heavy atom. The Kier molecular flexibility index (Phi) is 32.4. The van der Waals surface area contributed by atoms with Gasteiger partial charge in [-0.3, -0.25) is 23.5 Å². The van der Waals surface area contributed by atoms with E-state index >= 15 is 9.13 Å². The zero-order valence-corrected chi connectivity index (χ0v) is 63.0. The second-order valence-corrected chi connectivity index (χ2v) is 30.7. The number of rotatable bonds is 40. The number of hydrogen-bond acceptors (Lipinski definition) is 22. The van der Waals surface area contributed by atoms with Gasteiger partial charge in [0.15, 0.2) is 6.29 Å². The number of benzene rings is 7. The van der Waals surface area contributed by atoms with Crippen LogP contribution < -0.4 is 21.3 Å². The number of aliphatic hydroxyl groups excluding tert-OH is 1. The van der Waals surface area contributed by atoms with Crippen molar-refractivity contribution in [3.05, 3.63) is 251 Å². The first-order valence-electron chi connectivity index (χ1n) is 35.9. The molecule has 0 radical (unpaired) electrons. The number of carbonyl (C=O) groups is 4. The van der Waals surface area contributed by atoms with Crippen LogP contribution in [0, 0.1) is 0 Å². The molecule has 0 aromatic heterocycles. The zero-order chi connectivity index (χ0) is 76.1. The molecule has 3 aliphatic rings. The lowest BCUT2D eigenvalue weighted by Gasteiger charge is -2.48. The summed E-state index contributed by atoms with van der Waals surface area (Å²) in [4.78, 5) is 53.4. The molecule has 2 unspecified atom stereocenters. The summed E-state index contributed by atoms with van der Waals surface area (Å²) in [5, 5.41) is 22.8. The van der Waals surface area contributed by atoms with E-state index in [2.05, 4.69) is 21.3 Å². The Morgan fingerprint density at radius 2 is 0.657 bits per heavy atom. The van der Waals surface area contributed by atoms with Crippen LogP contribution in [0.25, 0.3) is 0 Å². The van der Waals surface area contributed by atoms with Gasteiger partial charge in [-0.25, -0.2) is 4.79 Å². The van der Waals surface area contributed by atoms with E-state index in [4.69, 9.17) is 70.2 Å². The van der Waals surface area contributed by atoms with Gasteiger partial charge in [0.2, 0.25) is 17.7 Å². The van der Waals surface area contributed by atoms with E-state index in [-0.39, 0.29) is 59.4 Å². The monoisotopic (exact) mass is 1530 g/mol. The summed E-state index contributed by atoms with van der Waals surface area (Å²) in [7, 11) is -6.60. The van der Waals surface area contributed by atoms with Gasteiger partial charge in [0.05, 0.1) is 103 Å². The summed E-state index contributed by atoms with van der Waals surface area (Å²) in [6.45, 7) is 2.25. The normalized spacial score (nSPS) is 25.3. The summed E-state index contributed by atoms with van der Waals surface area (Å²) in [5.41, 5.74) is 5.48. The first-order valence-corrected chi connectivity index (χ1v) is 39.4. The topological polar surface area (TPSA) is 309 Å². The Balaban J connectivity index is 0.962. The van der Waals surface area contributed by atoms with Crippen LogP contribution in [0.3, 0.4) is 0 Å². The van der Waals surface area contributed by atoms with Gasteiger partial charge in [-0.15, -0.1) is 0 Å². The van der Waals surface area contributed by atoms with Crippen LogP contribution in [-0.2, 0) is 140 Å². The van der Waals surface area contributed by atoms with Crippen LogP contribution in [0.1, 0.15) is 59.7 Å². The first kappa shape index (κ1) is 82.6. The highest BCUT2D eigenvalue weighted by molar-refractivity contribution is 7.54. The summed E-state index contributed by atoms with van der Waals surface area (Å²) in [6, 6.07) is 61.8. The van der Waals surface area contributed by atoms with E-state index in [9.17, 15) is 24.3 Å². The number of aliphatic hydroxyl groups is 1. The molecule has 0 saturated carbocycles. The SMILES string of the molecule is COP(=O)(C[C@H]1O[C@H](CO)[C@@H](OCc2ccccc2)[C@H](OCc2ccccc2)[C@@H]1NC(C)=O)OC[C@H]1O[C@H](CP(=O)(OC)OC[C@H]2O[C@H](OCCNC(=O)OCc3ccccc3)[C@@H](NC(C)=O)[C@@H](OCc3ccccc3)[C@@H]2OCc2ccccc2)[C@@H](NC(C)=O)[C@@H](OCc2ccccc2)[C@@H]1OCc1ccccc1. The lowest BCUT2D eigenvalue weighted by Crippen LogP contribution is -2.66. The largest absolute Gasteiger partial charge is 0.445 e. The molecule has 7 aromatic carbocycles. The van der Waals surface area contributed by atoms with Crippen LogP contribution in [0.4, 0.5) is 4.79 Å². The molecule has 3 heterocycles. The van der Waals surface area contributed by atoms with Gasteiger partial charge in [-0.05, 0) is 38.9 Å². The van der Waals surface area contributed by atoms with E-state index in [1.807, 2.05) is 212 Å². The van der Waals surface area contributed by atoms with Crippen molar-refractivity contribution in [3.8, 4) is 0 Å². The third-order valence-electron chi connectivity index (χ3n) is 18.3. The van der Waals surface area contributed by atoms with E-state index < -0.39 is 163 Å². The molecule has 26 nitrogen and oxygen atoms in total. The molecule has 3 aliphatic heterocycles. The Morgan fingerprint density at radius 1 is 0.370 bits per heavy atom. The van der Waals surface area contributed by atoms with Gasteiger partial charge >= 0.3 is 21.3 Å². The van der Waals surface area contributed by atoms with Gasteiger partial charge in [-0.1, -0.05) is 212 Å². The highest BCUT2D eigenvalue weighted by Gasteiger charge is 2.55. The van der Waals surface area contributed by atoms with Crippen molar-refractivity contribution in [2.24, 2.45) is 0 Å². The molecule has 5 N–H and O–H groups in total. The maximum atomic E-state index is 16.0. The number of nitrogens with one attached hydrogen (secondary N) is 4. The second kappa shape index (κ2) is 42.3. The van der Waals surface area contributed by atoms with Crippen LogP contribution in [-0.4, -0.2) is 180 Å². The number of amides is 4. The minimum atomic E-state index is -4.54. The third-order valence-corrected chi connectivity index (χ3v) is 22.1. The van der Waals surface area contributed by atoms with Gasteiger partial charge in [0.25, 0.3) is 0 Å². The fourth-order valence-electron chi connectivity index (χ4n) is 13.1. The van der Waals surface area contributed by atoms with Crippen LogP contribution in [0.5, 0.6) is 0 Å². The molecule has 108 heavy (non-hydrogen) atoms. The smallest absolute Gasteiger partial charge is 0.407 e. The van der Waals surface area contributed by atoms with Crippen LogP contribution in [0.15, 0.2) is 212 Å². The minimum absolute atomic E-state index is 0.0124. The average Bonchev–Trinajstić information content (AvgIpc) is 0.786. The average molecular weight is 1530 g/mol. The second-order valence-electron chi connectivity index (χ2n) is 26.3. The molecular weight excluding hydrogens is 1430 g/mol. The van der Waals surface area contributed by atoms with E-state index in [0.29, 0.717) is 0 Å². The van der Waals surface area contributed by atoms with Crippen LogP contribution in [0.2, 0.25) is 0 Å². The van der Waals surface area contributed by atoms with Gasteiger partial charge in [0, 0.05) is 41.5 Å². The molecule has 0 bridgehead atoms. The fraction of sp³-hybridized carbons (Fsp3) is 0.425. The van der Waals surface area contributed by atoms with Gasteiger partial charge < -0.3 is 96.6 Å². The molecule has 3 saturated heterocycles. The van der Waals surface area contributed by atoms with E-state index in [1.54, 1.807) is 0 Å². The molecule has 7 aromatic rings.